The van der Waals surface area contributed by atoms with Crippen molar-refractivity contribution >= 4 is 5.84 Å². The van der Waals surface area contributed by atoms with E-state index >= 15 is 0 Å². The highest BCUT2D eigenvalue weighted by Crippen LogP contribution is 2.45. The Morgan fingerprint density at radius 2 is 1.19 bits per heavy atom. The molecule has 3 heterocycles. The Morgan fingerprint density at radius 3 is 1.81 bits per heavy atom. The summed E-state index contributed by atoms with van der Waals surface area (Å²) in [7, 11) is 0. The largest absolute Gasteiger partial charge is 0.504 e. The van der Waals surface area contributed by atoms with Crippen molar-refractivity contribution in [3.8, 4) is 0 Å². The fourth-order valence-corrected chi connectivity index (χ4v) is 3.34. The number of allylic oxidation sites excluding steroid dienone is 7. The summed E-state index contributed by atoms with van der Waals surface area (Å²) in [6.45, 7) is 14.6. The monoisotopic (exact) mass is 282 g/mol. The molecule has 3 heteroatoms. The summed E-state index contributed by atoms with van der Waals surface area (Å²) in [5.41, 5.74) is 10.4. The molecular weight excluding hydrogens is 260 g/mol. The van der Waals surface area contributed by atoms with Gasteiger partial charge in [0.1, 0.15) is 0 Å². The van der Waals surface area contributed by atoms with Gasteiger partial charge in [0.15, 0.2) is 11.6 Å². The van der Waals surface area contributed by atoms with Crippen LogP contribution in [0.4, 0.5) is 0 Å². The molecule has 0 unspecified atom stereocenters. The summed E-state index contributed by atoms with van der Waals surface area (Å²) in [6, 6.07) is 0. The van der Waals surface area contributed by atoms with Crippen molar-refractivity contribution in [1.29, 1.82) is 0 Å². The molecule has 110 valence electrons. The summed E-state index contributed by atoms with van der Waals surface area (Å²) < 4.78 is 0. The zero-order valence-electron chi connectivity index (χ0n) is 13.8. The van der Waals surface area contributed by atoms with E-state index in [4.69, 9.17) is 0 Å². The van der Waals surface area contributed by atoms with Gasteiger partial charge in [0, 0.05) is 5.70 Å². The molecule has 0 spiro atoms. The summed E-state index contributed by atoms with van der Waals surface area (Å²) in [5.74, 6) is 0.957. The zero-order chi connectivity index (χ0) is 15.6. The Labute approximate surface area is 126 Å². The number of aliphatic hydroxyl groups is 1. The highest BCUT2D eigenvalue weighted by Gasteiger charge is 2.38. The third-order valence-electron chi connectivity index (χ3n) is 5.15. The lowest BCUT2D eigenvalue weighted by Crippen LogP contribution is -2.40. The van der Waals surface area contributed by atoms with Gasteiger partial charge in [0.05, 0.1) is 11.4 Å². The van der Waals surface area contributed by atoms with E-state index in [0.717, 1.165) is 16.8 Å². The molecule has 0 aromatic heterocycles. The lowest BCUT2D eigenvalue weighted by molar-refractivity contribution is 0.413. The second kappa shape index (κ2) is 4.23. The van der Waals surface area contributed by atoms with Crippen LogP contribution in [0, 0.1) is 0 Å². The third kappa shape index (κ3) is 1.57. The molecule has 0 aliphatic carbocycles. The number of aliphatic hydroxyl groups excluding tert-OH is 1. The Hall–Kier alpha value is -2.03. The first-order chi connectivity index (χ1) is 9.77. The van der Waals surface area contributed by atoms with Gasteiger partial charge in [0.2, 0.25) is 0 Å². The van der Waals surface area contributed by atoms with E-state index in [0.29, 0.717) is 11.6 Å². The standard InChI is InChI=1S/C18H22N2O/c1-8-9(2)15-11(4)12(5)17(21)18-19-14(7)13(6)16(10(8)3)20(15)18/h21H,1-7H3. The van der Waals surface area contributed by atoms with Crippen LogP contribution in [-0.2, 0) is 0 Å². The Balaban J connectivity index is 2.48. The fourth-order valence-electron chi connectivity index (χ4n) is 3.34. The van der Waals surface area contributed by atoms with Gasteiger partial charge < -0.3 is 5.11 Å². The molecule has 0 aromatic rings. The highest BCUT2D eigenvalue weighted by atomic mass is 16.3. The van der Waals surface area contributed by atoms with E-state index in [9.17, 15) is 5.11 Å². The predicted molar refractivity (Wildman–Crippen MR) is 86.8 cm³/mol. The maximum Gasteiger partial charge on any atom is 0.180 e. The molecule has 3 aliphatic heterocycles. The molecular formula is C18H22N2O. The van der Waals surface area contributed by atoms with Crippen LogP contribution < -0.4 is 0 Å². The summed E-state index contributed by atoms with van der Waals surface area (Å²) in [4.78, 5) is 6.79. The van der Waals surface area contributed by atoms with E-state index in [1.807, 2.05) is 13.8 Å². The Bertz CT molecular complexity index is 755. The molecule has 0 radical (unpaired) electrons. The second-order valence-corrected chi connectivity index (χ2v) is 6.15. The molecule has 0 saturated heterocycles. The minimum Gasteiger partial charge on any atom is -0.504 e. The van der Waals surface area contributed by atoms with Gasteiger partial charge in [-0.1, -0.05) is 0 Å². The number of hydrogen-bond acceptors (Lipinski definition) is 3. The summed E-state index contributed by atoms with van der Waals surface area (Å²) in [6.07, 6.45) is 0. The van der Waals surface area contributed by atoms with E-state index in [1.165, 1.54) is 33.7 Å². The normalized spacial score (nSPS) is 22.4. The van der Waals surface area contributed by atoms with Gasteiger partial charge in [-0.05, 0) is 81.9 Å². The second-order valence-electron chi connectivity index (χ2n) is 6.15. The van der Waals surface area contributed by atoms with Gasteiger partial charge in [-0.25, -0.2) is 4.99 Å². The van der Waals surface area contributed by atoms with Crippen LogP contribution in [0.5, 0.6) is 0 Å². The van der Waals surface area contributed by atoms with Crippen molar-refractivity contribution < 1.29 is 5.11 Å². The maximum absolute atomic E-state index is 10.6. The average Bonchev–Trinajstić information content (AvgIpc) is 2.45. The number of hydrogen-bond donors (Lipinski definition) is 1. The Kier molecular flexibility index (Phi) is 2.81. The number of nitrogens with zero attached hydrogens (tertiary/aromatic N) is 2. The van der Waals surface area contributed by atoms with E-state index < -0.39 is 0 Å². The molecule has 0 bridgehead atoms. The molecule has 3 rings (SSSR count). The van der Waals surface area contributed by atoms with Crippen molar-refractivity contribution in [1.82, 2.24) is 4.90 Å². The minimum atomic E-state index is 0.292. The fraction of sp³-hybridized carbons (Fsp3) is 0.389. The molecule has 1 N–H and O–H groups in total. The highest BCUT2D eigenvalue weighted by molar-refractivity contribution is 6.04. The van der Waals surface area contributed by atoms with Crippen LogP contribution in [0.25, 0.3) is 0 Å². The summed E-state index contributed by atoms with van der Waals surface area (Å²) >= 11 is 0. The van der Waals surface area contributed by atoms with Crippen LogP contribution in [0.15, 0.2) is 61.3 Å². The number of aliphatic imine (C=N–C) groups is 1. The van der Waals surface area contributed by atoms with Gasteiger partial charge in [-0.15, -0.1) is 0 Å². The van der Waals surface area contributed by atoms with E-state index in [2.05, 4.69) is 44.5 Å². The van der Waals surface area contributed by atoms with Crippen molar-refractivity contribution in [2.24, 2.45) is 4.99 Å². The number of rotatable bonds is 0. The van der Waals surface area contributed by atoms with Crippen LogP contribution in [0.1, 0.15) is 48.5 Å². The van der Waals surface area contributed by atoms with Crippen LogP contribution in [-0.4, -0.2) is 15.8 Å². The first-order valence-electron chi connectivity index (χ1n) is 7.34. The average molecular weight is 282 g/mol. The number of amidine groups is 1. The molecule has 0 atom stereocenters. The molecule has 0 fully saturated rings. The van der Waals surface area contributed by atoms with E-state index in [-0.39, 0.29) is 0 Å². The first-order valence-corrected chi connectivity index (χ1v) is 7.34. The van der Waals surface area contributed by atoms with Crippen LogP contribution >= 0.6 is 0 Å². The lowest BCUT2D eigenvalue weighted by atomic mass is 9.84. The predicted octanol–water partition coefficient (Wildman–Crippen LogP) is 4.74. The van der Waals surface area contributed by atoms with Gasteiger partial charge >= 0.3 is 0 Å². The Morgan fingerprint density at radius 1 is 0.667 bits per heavy atom. The summed E-state index contributed by atoms with van der Waals surface area (Å²) in [5, 5.41) is 10.6. The van der Waals surface area contributed by atoms with Crippen molar-refractivity contribution in [2.75, 3.05) is 0 Å². The van der Waals surface area contributed by atoms with E-state index in [1.54, 1.807) is 0 Å². The van der Waals surface area contributed by atoms with Gasteiger partial charge in [-0.3, -0.25) is 4.90 Å². The maximum atomic E-state index is 10.6. The molecule has 0 saturated carbocycles. The SMILES string of the molecule is CC1=C(C)C2=C(C)C(C)=C(C)C3=C(C)C(C)=C(O)C(=N1)N23. The topological polar surface area (TPSA) is 35.8 Å². The molecule has 3 aliphatic rings. The minimum absolute atomic E-state index is 0.292. The third-order valence-corrected chi connectivity index (χ3v) is 5.15. The van der Waals surface area contributed by atoms with Crippen LogP contribution in [0.3, 0.4) is 0 Å². The zero-order valence-corrected chi connectivity index (χ0v) is 13.8. The first kappa shape index (κ1) is 13.9. The lowest BCUT2D eigenvalue weighted by Gasteiger charge is -2.43. The van der Waals surface area contributed by atoms with Crippen molar-refractivity contribution in [2.45, 2.75) is 48.5 Å². The van der Waals surface area contributed by atoms with Gasteiger partial charge in [0.25, 0.3) is 0 Å². The molecule has 3 nitrogen and oxygen atoms in total. The van der Waals surface area contributed by atoms with Gasteiger partial charge in [-0.2, -0.15) is 0 Å². The smallest absolute Gasteiger partial charge is 0.180 e. The molecule has 0 aromatic carbocycles. The molecule has 21 heavy (non-hydrogen) atoms. The van der Waals surface area contributed by atoms with Crippen LogP contribution in [0.2, 0.25) is 0 Å². The quantitative estimate of drug-likeness (QED) is 0.696. The van der Waals surface area contributed by atoms with Crippen molar-refractivity contribution in [3.05, 3.63) is 56.3 Å². The molecule has 0 amide bonds. The van der Waals surface area contributed by atoms with Crippen molar-refractivity contribution in [3.63, 3.8) is 0 Å².